The van der Waals surface area contributed by atoms with Gasteiger partial charge in [-0.3, -0.25) is 4.98 Å². The normalized spacial score (nSPS) is 12.9. The molecule has 0 bridgehead atoms. The number of hydrogen-bond donors (Lipinski definition) is 3. The van der Waals surface area contributed by atoms with Gasteiger partial charge in [0.15, 0.2) is 0 Å². The monoisotopic (exact) mass is 445 g/mol. The van der Waals surface area contributed by atoms with Gasteiger partial charge in [-0.1, -0.05) is 36.4 Å². The van der Waals surface area contributed by atoms with E-state index in [1.807, 2.05) is 72.8 Å². The molecule has 0 aliphatic heterocycles. The van der Waals surface area contributed by atoms with E-state index in [0.717, 1.165) is 10.9 Å². The van der Waals surface area contributed by atoms with E-state index in [1.165, 1.54) is 0 Å². The van der Waals surface area contributed by atoms with Gasteiger partial charge in [-0.2, -0.15) is 0 Å². The number of aromatic nitrogens is 2. The predicted molar refractivity (Wildman–Crippen MR) is 127 cm³/mol. The summed E-state index contributed by atoms with van der Waals surface area (Å²) in [5, 5.41) is 24.1. The average molecular weight is 446 g/mol. The summed E-state index contributed by atoms with van der Waals surface area (Å²) in [5.74, 6) is 1.83. The number of nitrogens with one attached hydrogen (secondary N) is 1. The zero-order chi connectivity index (χ0) is 22.9. The van der Waals surface area contributed by atoms with Crippen LogP contribution >= 0.6 is 0 Å². The van der Waals surface area contributed by atoms with Crippen molar-refractivity contribution in [2.75, 3.05) is 19.8 Å². The zero-order valence-corrected chi connectivity index (χ0v) is 18.2. The number of aliphatic hydroxyl groups excluding tert-OH is 2. The number of benzene rings is 2. The van der Waals surface area contributed by atoms with Gasteiger partial charge in [0.05, 0.1) is 6.61 Å². The minimum atomic E-state index is -0.683. The van der Waals surface area contributed by atoms with Crippen LogP contribution in [-0.2, 0) is 6.42 Å². The molecule has 0 saturated heterocycles. The van der Waals surface area contributed by atoms with Crippen molar-refractivity contribution in [2.24, 2.45) is 0 Å². The molecule has 4 aromatic rings. The number of rotatable bonds is 11. The molecule has 7 nitrogen and oxygen atoms in total. The van der Waals surface area contributed by atoms with Gasteiger partial charge in [0.2, 0.25) is 5.88 Å². The summed E-state index contributed by atoms with van der Waals surface area (Å²) in [4.78, 5) is 8.66. The lowest BCUT2D eigenvalue weighted by Crippen LogP contribution is -2.41. The van der Waals surface area contributed by atoms with Gasteiger partial charge >= 0.3 is 0 Å². The van der Waals surface area contributed by atoms with E-state index >= 15 is 0 Å². The maximum atomic E-state index is 10.2. The van der Waals surface area contributed by atoms with Gasteiger partial charge in [0.1, 0.15) is 29.7 Å². The molecule has 0 aliphatic rings. The lowest BCUT2D eigenvalue weighted by Gasteiger charge is -2.19. The van der Waals surface area contributed by atoms with Gasteiger partial charge in [-0.05, 0) is 48.4 Å². The summed E-state index contributed by atoms with van der Waals surface area (Å²) in [6.45, 7) is 0.452. The first-order valence-electron chi connectivity index (χ1n) is 10.9. The molecule has 0 amide bonds. The van der Waals surface area contributed by atoms with E-state index in [-0.39, 0.29) is 19.3 Å². The Balaban J connectivity index is 1.28. The van der Waals surface area contributed by atoms with Crippen molar-refractivity contribution in [2.45, 2.75) is 18.6 Å². The first kappa shape index (κ1) is 22.7. The first-order chi connectivity index (χ1) is 16.2. The Morgan fingerprint density at radius 3 is 2.45 bits per heavy atom. The summed E-state index contributed by atoms with van der Waals surface area (Å²) in [6.07, 6.45) is 3.34. The second kappa shape index (κ2) is 11.4. The number of ether oxygens (including phenoxy) is 2. The Morgan fingerprint density at radius 1 is 0.848 bits per heavy atom. The number of fused-ring (bicyclic) bond motifs is 1. The molecule has 2 atom stereocenters. The Morgan fingerprint density at radius 2 is 1.67 bits per heavy atom. The lowest BCUT2D eigenvalue weighted by molar-refractivity contribution is 0.0997. The SMILES string of the molecule is OC[C@H](Cc1ccc(Oc2nccc3cccnc23)cc1)NC[C@H](O)COc1ccccc1. The highest BCUT2D eigenvalue weighted by molar-refractivity contribution is 5.82. The molecular weight excluding hydrogens is 418 g/mol. The molecular formula is C26H27N3O4. The average Bonchev–Trinajstić information content (AvgIpc) is 2.87. The summed E-state index contributed by atoms with van der Waals surface area (Å²) in [7, 11) is 0. The van der Waals surface area contributed by atoms with E-state index in [9.17, 15) is 10.2 Å². The molecule has 2 heterocycles. The standard InChI is InChI=1S/C26H27N3O4/c30-17-21(29-16-22(31)18-32-23-6-2-1-3-7-23)15-19-8-10-24(11-9-19)33-26-25-20(12-14-28-26)5-4-13-27-25/h1-14,21-22,29-31H,15-18H2/t21-,22-/m0/s1. The highest BCUT2D eigenvalue weighted by Crippen LogP contribution is 2.26. The highest BCUT2D eigenvalue weighted by atomic mass is 16.5. The maximum Gasteiger partial charge on any atom is 0.246 e. The molecule has 7 heteroatoms. The molecule has 2 aromatic heterocycles. The first-order valence-corrected chi connectivity index (χ1v) is 10.9. The fourth-order valence-electron chi connectivity index (χ4n) is 3.41. The number of aliphatic hydroxyl groups is 2. The summed E-state index contributed by atoms with van der Waals surface area (Å²) >= 11 is 0. The van der Waals surface area contributed by atoms with Crippen LogP contribution in [-0.4, -0.2) is 52.1 Å². The quantitative estimate of drug-likeness (QED) is 0.326. The number of hydrogen-bond acceptors (Lipinski definition) is 7. The van der Waals surface area contributed by atoms with Crippen molar-refractivity contribution in [3.63, 3.8) is 0 Å². The molecule has 170 valence electrons. The minimum Gasteiger partial charge on any atom is -0.491 e. The molecule has 0 aliphatic carbocycles. The number of pyridine rings is 2. The number of para-hydroxylation sites is 1. The van der Waals surface area contributed by atoms with E-state index in [2.05, 4.69) is 15.3 Å². The van der Waals surface area contributed by atoms with Crippen molar-refractivity contribution in [3.8, 4) is 17.4 Å². The van der Waals surface area contributed by atoms with E-state index < -0.39 is 6.10 Å². The summed E-state index contributed by atoms with van der Waals surface area (Å²) in [5.41, 5.74) is 1.75. The van der Waals surface area contributed by atoms with E-state index in [0.29, 0.717) is 35.9 Å². The van der Waals surface area contributed by atoms with Crippen LogP contribution in [0.2, 0.25) is 0 Å². The van der Waals surface area contributed by atoms with Crippen LogP contribution in [0.25, 0.3) is 10.9 Å². The molecule has 3 N–H and O–H groups in total. The van der Waals surface area contributed by atoms with E-state index in [1.54, 1.807) is 12.4 Å². The summed E-state index contributed by atoms with van der Waals surface area (Å²) < 4.78 is 11.5. The number of nitrogens with zero attached hydrogens (tertiary/aromatic N) is 2. The minimum absolute atomic E-state index is 0.0455. The van der Waals surface area contributed by atoms with Crippen LogP contribution in [0, 0.1) is 0 Å². The molecule has 2 aromatic carbocycles. The topological polar surface area (TPSA) is 96.7 Å². The molecule has 0 saturated carbocycles. The fraction of sp³-hybridized carbons (Fsp3) is 0.231. The molecule has 33 heavy (non-hydrogen) atoms. The van der Waals surface area contributed by atoms with Crippen molar-refractivity contribution in [3.05, 3.63) is 90.8 Å². The van der Waals surface area contributed by atoms with Gasteiger partial charge in [0.25, 0.3) is 0 Å². The second-order valence-electron chi connectivity index (χ2n) is 7.71. The molecule has 4 rings (SSSR count). The third-order valence-corrected chi connectivity index (χ3v) is 5.16. The van der Waals surface area contributed by atoms with Crippen LogP contribution in [0.15, 0.2) is 85.2 Å². The Kier molecular flexibility index (Phi) is 7.81. The zero-order valence-electron chi connectivity index (χ0n) is 18.2. The fourth-order valence-corrected chi connectivity index (χ4v) is 3.41. The predicted octanol–water partition coefficient (Wildman–Crippen LogP) is 3.36. The lowest BCUT2D eigenvalue weighted by atomic mass is 10.1. The summed E-state index contributed by atoms with van der Waals surface area (Å²) in [6, 6.07) is 22.6. The van der Waals surface area contributed by atoms with Crippen LogP contribution < -0.4 is 14.8 Å². The Bertz CT molecular complexity index is 1130. The second-order valence-corrected chi connectivity index (χ2v) is 7.71. The maximum absolute atomic E-state index is 10.2. The highest BCUT2D eigenvalue weighted by Gasteiger charge is 2.12. The van der Waals surface area contributed by atoms with Crippen molar-refractivity contribution in [1.82, 2.24) is 15.3 Å². The molecule has 0 fully saturated rings. The van der Waals surface area contributed by atoms with Crippen molar-refractivity contribution >= 4 is 10.9 Å². The Hall–Kier alpha value is -3.52. The van der Waals surface area contributed by atoms with Crippen molar-refractivity contribution < 1.29 is 19.7 Å². The van der Waals surface area contributed by atoms with Crippen LogP contribution in [0.5, 0.6) is 17.4 Å². The van der Waals surface area contributed by atoms with Gasteiger partial charge in [-0.25, -0.2) is 4.98 Å². The van der Waals surface area contributed by atoms with E-state index in [4.69, 9.17) is 9.47 Å². The third kappa shape index (κ3) is 6.49. The van der Waals surface area contributed by atoms with Gasteiger partial charge < -0.3 is 25.0 Å². The van der Waals surface area contributed by atoms with Crippen LogP contribution in [0.4, 0.5) is 0 Å². The smallest absolute Gasteiger partial charge is 0.246 e. The van der Waals surface area contributed by atoms with Crippen LogP contribution in [0.3, 0.4) is 0 Å². The van der Waals surface area contributed by atoms with Gasteiger partial charge in [-0.15, -0.1) is 0 Å². The Labute approximate surface area is 192 Å². The largest absolute Gasteiger partial charge is 0.491 e. The van der Waals surface area contributed by atoms with Gasteiger partial charge in [0, 0.05) is 30.4 Å². The molecule has 0 radical (unpaired) electrons. The molecule has 0 unspecified atom stereocenters. The van der Waals surface area contributed by atoms with Crippen molar-refractivity contribution in [1.29, 1.82) is 0 Å². The van der Waals surface area contributed by atoms with Crippen LogP contribution in [0.1, 0.15) is 5.56 Å². The third-order valence-electron chi connectivity index (χ3n) is 5.16. The molecule has 0 spiro atoms.